The number of nitrogens with zero attached hydrogens (tertiary/aromatic N) is 1. The monoisotopic (exact) mass is 303 g/mol. The number of aliphatic hydroxyl groups is 1. The number of alkyl halides is 1. The molecule has 0 aromatic heterocycles. The Kier molecular flexibility index (Phi) is 6.39. The molecular weight excluding hydrogens is 277 g/mol. The molecule has 0 bridgehead atoms. The van der Waals surface area contributed by atoms with Crippen molar-refractivity contribution < 1.29 is 23.8 Å². The molecule has 5 nitrogen and oxygen atoms in total. The SMILES string of the molecule is COCCOC1CCC(C(=O)N2C[C@@H](F)C[C@H]2CO)CC1. The van der Waals surface area contributed by atoms with E-state index in [4.69, 9.17) is 9.47 Å². The van der Waals surface area contributed by atoms with Crippen molar-refractivity contribution >= 4 is 5.91 Å². The molecule has 0 radical (unpaired) electrons. The van der Waals surface area contributed by atoms with Crippen molar-refractivity contribution in [3.63, 3.8) is 0 Å². The number of amides is 1. The molecule has 122 valence electrons. The van der Waals surface area contributed by atoms with Gasteiger partial charge in [0.25, 0.3) is 0 Å². The first-order valence-corrected chi connectivity index (χ1v) is 7.81. The normalized spacial score (nSPS) is 33.4. The first-order chi connectivity index (χ1) is 10.2. The quantitative estimate of drug-likeness (QED) is 0.748. The van der Waals surface area contributed by atoms with Crippen LogP contribution < -0.4 is 0 Å². The van der Waals surface area contributed by atoms with Crippen molar-refractivity contribution in [3.8, 4) is 0 Å². The van der Waals surface area contributed by atoms with E-state index < -0.39 is 6.17 Å². The number of carbonyl (C=O) groups excluding carboxylic acids is 1. The molecule has 1 saturated heterocycles. The average Bonchev–Trinajstić information content (AvgIpc) is 2.88. The molecule has 2 fully saturated rings. The summed E-state index contributed by atoms with van der Waals surface area (Å²) in [7, 11) is 1.64. The Labute approximate surface area is 125 Å². The predicted octanol–water partition coefficient (Wildman–Crippen LogP) is 1.14. The summed E-state index contributed by atoms with van der Waals surface area (Å²) in [6.45, 7) is 1.15. The minimum Gasteiger partial charge on any atom is -0.394 e. The summed E-state index contributed by atoms with van der Waals surface area (Å²) in [6, 6.07) is -0.344. The lowest BCUT2D eigenvalue weighted by Gasteiger charge is -2.32. The number of hydrogen-bond acceptors (Lipinski definition) is 4. The van der Waals surface area contributed by atoms with Crippen molar-refractivity contribution in [1.82, 2.24) is 4.90 Å². The van der Waals surface area contributed by atoms with Crippen LogP contribution in [0.2, 0.25) is 0 Å². The Hall–Kier alpha value is -0.720. The van der Waals surface area contributed by atoms with Crippen LogP contribution in [0, 0.1) is 5.92 Å². The Morgan fingerprint density at radius 1 is 1.29 bits per heavy atom. The Balaban J connectivity index is 1.77. The number of likely N-dealkylation sites (tertiary alicyclic amines) is 1. The van der Waals surface area contributed by atoms with Crippen LogP contribution in [0.5, 0.6) is 0 Å². The highest BCUT2D eigenvalue weighted by atomic mass is 19.1. The summed E-state index contributed by atoms with van der Waals surface area (Å²) in [4.78, 5) is 14.0. The van der Waals surface area contributed by atoms with Gasteiger partial charge in [0.05, 0.1) is 38.5 Å². The second kappa shape index (κ2) is 8.06. The van der Waals surface area contributed by atoms with Gasteiger partial charge in [0, 0.05) is 19.4 Å². The van der Waals surface area contributed by atoms with Crippen LogP contribution in [-0.2, 0) is 14.3 Å². The van der Waals surface area contributed by atoms with Gasteiger partial charge in [-0.2, -0.15) is 0 Å². The van der Waals surface area contributed by atoms with Gasteiger partial charge in [0.1, 0.15) is 6.17 Å². The largest absolute Gasteiger partial charge is 0.394 e. The average molecular weight is 303 g/mol. The molecular formula is C15H26FNO4. The predicted molar refractivity (Wildman–Crippen MR) is 75.7 cm³/mol. The number of hydrogen-bond donors (Lipinski definition) is 1. The Bertz CT molecular complexity index is 334. The molecule has 0 aromatic rings. The van der Waals surface area contributed by atoms with Gasteiger partial charge in [-0.1, -0.05) is 0 Å². The molecule has 0 spiro atoms. The fourth-order valence-electron chi connectivity index (χ4n) is 3.31. The summed E-state index contributed by atoms with van der Waals surface area (Å²) >= 11 is 0. The van der Waals surface area contributed by atoms with Gasteiger partial charge in [0.15, 0.2) is 0 Å². The van der Waals surface area contributed by atoms with Crippen LogP contribution in [0.3, 0.4) is 0 Å². The highest BCUT2D eigenvalue weighted by Crippen LogP contribution is 2.30. The van der Waals surface area contributed by atoms with Gasteiger partial charge in [0.2, 0.25) is 5.91 Å². The number of halogens is 1. The molecule has 2 atom stereocenters. The number of methoxy groups -OCH3 is 1. The molecule has 0 unspecified atom stereocenters. The van der Waals surface area contributed by atoms with E-state index in [2.05, 4.69) is 0 Å². The van der Waals surface area contributed by atoms with Crippen LogP contribution in [-0.4, -0.2) is 67.7 Å². The van der Waals surface area contributed by atoms with Gasteiger partial charge in [-0.25, -0.2) is 4.39 Å². The lowest BCUT2D eigenvalue weighted by Crippen LogP contribution is -2.43. The first-order valence-electron chi connectivity index (χ1n) is 7.81. The Morgan fingerprint density at radius 2 is 2.00 bits per heavy atom. The van der Waals surface area contributed by atoms with Crippen molar-refractivity contribution in [2.75, 3.05) is 33.5 Å². The molecule has 2 rings (SSSR count). The second-order valence-electron chi connectivity index (χ2n) is 6.00. The zero-order valence-electron chi connectivity index (χ0n) is 12.7. The lowest BCUT2D eigenvalue weighted by atomic mass is 9.86. The lowest BCUT2D eigenvalue weighted by molar-refractivity contribution is -0.139. The van der Waals surface area contributed by atoms with Crippen LogP contribution in [0.25, 0.3) is 0 Å². The summed E-state index contributed by atoms with van der Waals surface area (Å²) < 4.78 is 24.1. The standard InChI is InChI=1S/C15H26FNO4/c1-20-6-7-21-14-4-2-11(3-5-14)15(19)17-9-12(16)8-13(17)10-18/h11-14,18H,2-10H2,1H3/t11?,12-,13-,14?/m0/s1. The molecule has 1 amide bonds. The van der Waals surface area contributed by atoms with Gasteiger partial charge >= 0.3 is 0 Å². The van der Waals surface area contributed by atoms with Crippen molar-refractivity contribution in [3.05, 3.63) is 0 Å². The van der Waals surface area contributed by atoms with E-state index in [9.17, 15) is 14.3 Å². The molecule has 2 aliphatic rings. The third-order valence-electron chi connectivity index (χ3n) is 4.52. The van der Waals surface area contributed by atoms with Crippen molar-refractivity contribution in [1.29, 1.82) is 0 Å². The molecule has 1 aliphatic heterocycles. The van der Waals surface area contributed by atoms with Gasteiger partial charge in [-0.05, 0) is 25.7 Å². The van der Waals surface area contributed by atoms with E-state index in [-0.39, 0.29) is 43.5 Å². The Morgan fingerprint density at radius 3 is 2.62 bits per heavy atom. The number of ether oxygens (including phenoxy) is 2. The fourth-order valence-corrected chi connectivity index (χ4v) is 3.31. The van der Waals surface area contributed by atoms with Crippen LogP contribution in [0.15, 0.2) is 0 Å². The highest BCUT2D eigenvalue weighted by molar-refractivity contribution is 5.79. The minimum absolute atomic E-state index is 0.00421. The van der Waals surface area contributed by atoms with Crippen LogP contribution in [0.4, 0.5) is 4.39 Å². The minimum atomic E-state index is -1.00. The molecule has 1 aliphatic carbocycles. The van der Waals surface area contributed by atoms with E-state index in [0.29, 0.717) is 13.2 Å². The van der Waals surface area contributed by atoms with E-state index in [1.54, 1.807) is 12.0 Å². The summed E-state index contributed by atoms with van der Waals surface area (Å²) in [5, 5.41) is 9.27. The van der Waals surface area contributed by atoms with Gasteiger partial charge in [-0.3, -0.25) is 4.79 Å². The summed E-state index contributed by atoms with van der Waals surface area (Å²) in [5.74, 6) is -0.0452. The summed E-state index contributed by atoms with van der Waals surface area (Å²) in [5.41, 5.74) is 0. The zero-order valence-corrected chi connectivity index (χ0v) is 12.7. The zero-order chi connectivity index (χ0) is 15.2. The third kappa shape index (κ3) is 4.37. The number of rotatable bonds is 6. The smallest absolute Gasteiger partial charge is 0.226 e. The second-order valence-corrected chi connectivity index (χ2v) is 6.00. The highest BCUT2D eigenvalue weighted by Gasteiger charge is 2.38. The molecule has 21 heavy (non-hydrogen) atoms. The molecule has 6 heteroatoms. The molecule has 1 N–H and O–H groups in total. The van der Waals surface area contributed by atoms with Crippen molar-refractivity contribution in [2.45, 2.75) is 50.4 Å². The molecule has 1 heterocycles. The van der Waals surface area contributed by atoms with E-state index in [1.165, 1.54) is 0 Å². The first kappa shape index (κ1) is 16.6. The topological polar surface area (TPSA) is 59.0 Å². The van der Waals surface area contributed by atoms with Gasteiger partial charge in [-0.15, -0.1) is 0 Å². The fraction of sp³-hybridized carbons (Fsp3) is 0.933. The summed E-state index contributed by atoms with van der Waals surface area (Å²) in [6.07, 6.45) is 2.74. The van der Waals surface area contributed by atoms with E-state index >= 15 is 0 Å². The number of aliphatic hydroxyl groups excluding tert-OH is 1. The molecule has 1 saturated carbocycles. The maximum Gasteiger partial charge on any atom is 0.226 e. The number of carbonyl (C=O) groups is 1. The molecule has 0 aromatic carbocycles. The maximum absolute atomic E-state index is 13.4. The van der Waals surface area contributed by atoms with E-state index in [1.807, 2.05) is 0 Å². The van der Waals surface area contributed by atoms with Crippen LogP contribution in [0.1, 0.15) is 32.1 Å². The van der Waals surface area contributed by atoms with Gasteiger partial charge < -0.3 is 19.5 Å². The maximum atomic E-state index is 13.4. The van der Waals surface area contributed by atoms with Crippen molar-refractivity contribution in [2.24, 2.45) is 5.92 Å². The van der Waals surface area contributed by atoms with E-state index in [0.717, 1.165) is 25.7 Å². The third-order valence-corrected chi connectivity index (χ3v) is 4.52. The van der Waals surface area contributed by atoms with Crippen LogP contribution >= 0.6 is 0 Å².